The molecular weight excluding hydrogens is 289 g/mol. The minimum Gasteiger partial charge on any atom is -0.384 e. The lowest BCUT2D eigenvalue weighted by Crippen LogP contribution is -2.49. The quantitative estimate of drug-likeness (QED) is 0.857. The Morgan fingerprint density at radius 1 is 1.29 bits per heavy atom. The number of piperidine rings is 1. The van der Waals surface area contributed by atoms with Crippen molar-refractivity contribution in [2.75, 3.05) is 20.1 Å². The predicted molar refractivity (Wildman–Crippen MR) is 83.0 cm³/mol. The van der Waals surface area contributed by atoms with E-state index in [0.29, 0.717) is 22.6 Å². The van der Waals surface area contributed by atoms with Crippen molar-refractivity contribution in [1.29, 1.82) is 0 Å². The second-order valence-corrected chi connectivity index (χ2v) is 7.69. The summed E-state index contributed by atoms with van der Waals surface area (Å²) in [5, 5.41) is 12.1. The Hall–Kier alpha value is -0.640. The van der Waals surface area contributed by atoms with Gasteiger partial charge in [0.1, 0.15) is 5.82 Å². The van der Waals surface area contributed by atoms with Crippen LogP contribution in [0.3, 0.4) is 0 Å². The van der Waals surface area contributed by atoms with Gasteiger partial charge < -0.3 is 10.0 Å². The largest absolute Gasteiger partial charge is 0.384 e. The van der Waals surface area contributed by atoms with Crippen LogP contribution in [0.15, 0.2) is 12.1 Å². The zero-order valence-electron chi connectivity index (χ0n) is 12.9. The van der Waals surface area contributed by atoms with Gasteiger partial charge in [-0.15, -0.1) is 0 Å². The maximum Gasteiger partial charge on any atom is 0.126 e. The van der Waals surface area contributed by atoms with Crippen LogP contribution in [0.1, 0.15) is 37.8 Å². The molecule has 1 aliphatic carbocycles. The number of hydrogen-bond acceptors (Lipinski definition) is 2. The molecule has 1 heterocycles. The SMILES string of the molecule is CN1CCC(C2(O)c3c(Cl)ccc(F)c3CC2(C)C)CC1. The third-order valence-electron chi connectivity index (χ3n) is 5.55. The predicted octanol–water partition coefficient (Wildman–Crippen LogP) is 3.59. The van der Waals surface area contributed by atoms with Crippen molar-refractivity contribution < 1.29 is 9.50 Å². The van der Waals surface area contributed by atoms with Gasteiger partial charge in [0.2, 0.25) is 0 Å². The molecule has 1 N–H and O–H groups in total. The molecule has 1 aromatic carbocycles. The molecule has 21 heavy (non-hydrogen) atoms. The van der Waals surface area contributed by atoms with Crippen molar-refractivity contribution in [2.45, 2.75) is 38.7 Å². The maximum absolute atomic E-state index is 14.2. The summed E-state index contributed by atoms with van der Waals surface area (Å²) in [5.74, 6) is -0.115. The number of hydrogen-bond donors (Lipinski definition) is 1. The van der Waals surface area contributed by atoms with Crippen LogP contribution in [0.25, 0.3) is 0 Å². The van der Waals surface area contributed by atoms with E-state index in [0.717, 1.165) is 25.9 Å². The number of halogens is 2. The number of benzene rings is 1. The van der Waals surface area contributed by atoms with Crippen LogP contribution in [0.4, 0.5) is 4.39 Å². The molecule has 2 nitrogen and oxygen atoms in total. The Kier molecular flexibility index (Phi) is 3.59. The first-order valence-corrected chi connectivity index (χ1v) is 8.03. The number of rotatable bonds is 1. The molecular formula is C17H23ClFNO. The van der Waals surface area contributed by atoms with Crippen molar-refractivity contribution in [3.05, 3.63) is 34.1 Å². The van der Waals surface area contributed by atoms with Gasteiger partial charge in [0.25, 0.3) is 0 Å². The van der Waals surface area contributed by atoms with E-state index in [9.17, 15) is 9.50 Å². The highest BCUT2D eigenvalue weighted by molar-refractivity contribution is 6.31. The fourth-order valence-electron chi connectivity index (χ4n) is 4.28. The minimum absolute atomic E-state index is 0.129. The Labute approximate surface area is 130 Å². The van der Waals surface area contributed by atoms with Gasteiger partial charge >= 0.3 is 0 Å². The van der Waals surface area contributed by atoms with Gasteiger partial charge in [-0.05, 0) is 63.0 Å². The lowest BCUT2D eigenvalue weighted by atomic mass is 9.65. The van der Waals surface area contributed by atoms with Gasteiger partial charge in [0.15, 0.2) is 0 Å². The Bertz CT molecular complexity index is 566. The number of aliphatic hydroxyl groups is 1. The number of fused-ring (bicyclic) bond motifs is 1. The zero-order valence-corrected chi connectivity index (χ0v) is 13.7. The van der Waals surface area contributed by atoms with Crippen molar-refractivity contribution in [3.8, 4) is 0 Å². The van der Waals surface area contributed by atoms with Gasteiger partial charge in [-0.25, -0.2) is 4.39 Å². The second-order valence-electron chi connectivity index (χ2n) is 7.29. The van der Waals surface area contributed by atoms with E-state index in [1.807, 2.05) is 13.8 Å². The molecule has 1 aliphatic heterocycles. The molecule has 0 bridgehead atoms. The van der Waals surface area contributed by atoms with E-state index in [-0.39, 0.29) is 11.7 Å². The Morgan fingerprint density at radius 3 is 2.52 bits per heavy atom. The van der Waals surface area contributed by atoms with Crippen LogP contribution in [-0.2, 0) is 12.0 Å². The van der Waals surface area contributed by atoms with Crippen LogP contribution >= 0.6 is 11.6 Å². The van der Waals surface area contributed by atoms with Crippen molar-refractivity contribution in [2.24, 2.45) is 11.3 Å². The highest BCUT2D eigenvalue weighted by Gasteiger charge is 2.57. The summed E-state index contributed by atoms with van der Waals surface area (Å²) >= 11 is 6.36. The molecule has 0 radical (unpaired) electrons. The molecule has 1 atom stereocenters. The number of nitrogens with zero attached hydrogens (tertiary/aromatic N) is 1. The molecule has 1 aromatic rings. The first kappa shape index (κ1) is 15.3. The molecule has 3 rings (SSSR count). The van der Waals surface area contributed by atoms with Gasteiger partial charge in [-0.1, -0.05) is 25.4 Å². The summed E-state index contributed by atoms with van der Waals surface area (Å²) < 4.78 is 14.2. The van der Waals surface area contributed by atoms with E-state index in [1.54, 1.807) is 6.07 Å². The van der Waals surface area contributed by atoms with Gasteiger partial charge in [-0.3, -0.25) is 0 Å². The van der Waals surface area contributed by atoms with Crippen LogP contribution in [0, 0.1) is 17.2 Å². The molecule has 116 valence electrons. The van der Waals surface area contributed by atoms with Crippen LogP contribution in [-0.4, -0.2) is 30.1 Å². The second kappa shape index (κ2) is 4.94. The van der Waals surface area contributed by atoms with Crippen LogP contribution in [0.2, 0.25) is 5.02 Å². The smallest absolute Gasteiger partial charge is 0.126 e. The molecule has 1 unspecified atom stereocenters. The molecule has 0 saturated carbocycles. The fraction of sp³-hybridized carbons (Fsp3) is 0.647. The van der Waals surface area contributed by atoms with Crippen molar-refractivity contribution in [3.63, 3.8) is 0 Å². The van der Waals surface area contributed by atoms with E-state index in [2.05, 4.69) is 11.9 Å². The van der Waals surface area contributed by atoms with Crippen molar-refractivity contribution >= 4 is 11.6 Å². The van der Waals surface area contributed by atoms with E-state index < -0.39 is 11.0 Å². The zero-order chi connectivity index (χ0) is 15.4. The first-order chi connectivity index (χ1) is 9.77. The fourth-order valence-corrected chi connectivity index (χ4v) is 4.60. The summed E-state index contributed by atoms with van der Waals surface area (Å²) in [7, 11) is 2.10. The summed E-state index contributed by atoms with van der Waals surface area (Å²) in [6.45, 7) is 5.98. The van der Waals surface area contributed by atoms with E-state index >= 15 is 0 Å². The lowest BCUT2D eigenvalue weighted by Gasteiger charge is -2.46. The third-order valence-corrected chi connectivity index (χ3v) is 5.86. The van der Waals surface area contributed by atoms with Gasteiger partial charge in [-0.2, -0.15) is 0 Å². The highest BCUT2D eigenvalue weighted by atomic mass is 35.5. The van der Waals surface area contributed by atoms with Crippen molar-refractivity contribution in [1.82, 2.24) is 4.90 Å². The highest BCUT2D eigenvalue weighted by Crippen LogP contribution is 2.58. The minimum atomic E-state index is -1.04. The molecule has 1 saturated heterocycles. The van der Waals surface area contributed by atoms with Gasteiger partial charge in [0.05, 0.1) is 5.60 Å². The lowest BCUT2D eigenvalue weighted by molar-refractivity contribution is -0.121. The summed E-state index contributed by atoms with van der Waals surface area (Å²) in [6, 6.07) is 2.99. The number of likely N-dealkylation sites (tertiary alicyclic amines) is 1. The first-order valence-electron chi connectivity index (χ1n) is 7.65. The average Bonchev–Trinajstić information content (AvgIpc) is 2.64. The van der Waals surface area contributed by atoms with Gasteiger partial charge in [0, 0.05) is 16.0 Å². The van der Waals surface area contributed by atoms with E-state index in [4.69, 9.17) is 11.6 Å². The third kappa shape index (κ3) is 2.13. The molecule has 1 fully saturated rings. The Balaban J connectivity index is 2.11. The maximum atomic E-state index is 14.2. The monoisotopic (exact) mass is 311 g/mol. The normalized spacial score (nSPS) is 29.6. The molecule has 0 spiro atoms. The molecule has 4 heteroatoms. The van der Waals surface area contributed by atoms with Crippen LogP contribution in [0.5, 0.6) is 0 Å². The Morgan fingerprint density at radius 2 is 1.90 bits per heavy atom. The standard InChI is InChI=1S/C17H23ClFNO/c1-16(2)10-12-14(19)5-4-13(18)15(12)17(16,21)11-6-8-20(3)9-7-11/h4-5,11,21H,6-10H2,1-3H3. The summed E-state index contributed by atoms with van der Waals surface area (Å²) in [5.41, 5.74) is -0.192. The molecule has 2 aliphatic rings. The molecule has 0 amide bonds. The summed E-state index contributed by atoms with van der Waals surface area (Å²) in [4.78, 5) is 2.27. The summed E-state index contributed by atoms with van der Waals surface area (Å²) in [6.07, 6.45) is 2.38. The van der Waals surface area contributed by atoms with E-state index in [1.165, 1.54) is 6.07 Å². The topological polar surface area (TPSA) is 23.5 Å². The van der Waals surface area contributed by atoms with Crippen LogP contribution < -0.4 is 0 Å². The average molecular weight is 312 g/mol. The molecule has 0 aromatic heterocycles.